The molecular formula is C16H16BrN3S. The number of hydrogen-bond acceptors (Lipinski definition) is 3. The number of nitrogens with zero attached hydrogens (tertiary/aromatic N) is 1. The SMILES string of the molecule is Cc1ccc2nc(SCCNc3cccc(Br)c3)[nH]c2c1. The number of rotatable bonds is 5. The first-order chi connectivity index (χ1) is 10.2. The van der Waals surface area contributed by atoms with Crippen LogP contribution in [0.1, 0.15) is 5.56 Å². The molecule has 0 spiro atoms. The van der Waals surface area contributed by atoms with Gasteiger partial charge in [-0.05, 0) is 42.8 Å². The molecular weight excluding hydrogens is 346 g/mol. The van der Waals surface area contributed by atoms with Gasteiger partial charge in [0.1, 0.15) is 0 Å². The molecule has 2 N–H and O–H groups in total. The number of H-pyrrole nitrogens is 1. The van der Waals surface area contributed by atoms with Crippen LogP contribution in [0.5, 0.6) is 0 Å². The summed E-state index contributed by atoms with van der Waals surface area (Å²) in [6.45, 7) is 2.99. The average Bonchev–Trinajstić information content (AvgIpc) is 2.85. The van der Waals surface area contributed by atoms with Crippen LogP contribution in [0.25, 0.3) is 11.0 Å². The Morgan fingerprint density at radius 3 is 3.00 bits per heavy atom. The number of nitrogens with one attached hydrogen (secondary N) is 2. The zero-order valence-corrected chi connectivity index (χ0v) is 14.1. The van der Waals surface area contributed by atoms with Crippen LogP contribution in [0.4, 0.5) is 5.69 Å². The number of imidazole rings is 1. The normalized spacial score (nSPS) is 11.0. The predicted molar refractivity (Wildman–Crippen MR) is 94.2 cm³/mol. The molecule has 2 aromatic carbocycles. The van der Waals surface area contributed by atoms with Gasteiger partial charge < -0.3 is 10.3 Å². The summed E-state index contributed by atoms with van der Waals surface area (Å²) in [6.07, 6.45) is 0. The number of anilines is 1. The molecule has 3 nitrogen and oxygen atoms in total. The van der Waals surface area contributed by atoms with Gasteiger partial charge in [-0.1, -0.05) is 39.8 Å². The summed E-state index contributed by atoms with van der Waals surface area (Å²) in [5, 5.41) is 4.38. The highest BCUT2D eigenvalue weighted by Crippen LogP contribution is 2.20. The van der Waals surface area contributed by atoms with E-state index in [4.69, 9.17) is 0 Å². The highest BCUT2D eigenvalue weighted by Gasteiger charge is 2.03. The Balaban J connectivity index is 1.54. The summed E-state index contributed by atoms with van der Waals surface area (Å²) in [5.74, 6) is 0.964. The summed E-state index contributed by atoms with van der Waals surface area (Å²) < 4.78 is 1.09. The first-order valence-electron chi connectivity index (χ1n) is 6.79. The Morgan fingerprint density at radius 2 is 2.14 bits per heavy atom. The highest BCUT2D eigenvalue weighted by atomic mass is 79.9. The first kappa shape index (κ1) is 14.5. The number of halogens is 1. The Morgan fingerprint density at radius 1 is 1.24 bits per heavy atom. The van der Waals surface area contributed by atoms with Gasteiger partial charge >= 0.3 is 0 Å². The fourth-order valence-electron chi connectivity index (χ4n) is 2.11. The first-order valence-corrected chi connectivity index (χ1v) is 8.57. The molecule has 21 heavy (non-hydrogen) atoms. The molecule has 0 fully saturated rings. The van der Waals surface area contributed by atoms with Gasteiger partial charge in [-0.15, -0.1) is 0 Å². The van der Waals surface area contributed by atoms with E-state index in [0.717, 1.165) is 38.6 Å². The molecule has 0 aliphatic carbocycles. The molecule has 3 aromatic rings. The van der Waals surface area contributed by atoms with Gasteiger partial charge in [0.15, 0.2) is 5.16 Å². The maximum Gasteiger partial charge on any atom is 0.166 e. The lowest BCUT2D eigenvalue weighted by atomic mass is 10.2. The largest absolute Gasteiger partial charge is 0.384 e. The number of hydrogen-bond donors (Lipinski definition) is 2. The van der Waals surface area contributed by atoms with Crippen LogP contribution < -0.4 is 5.32 Å². The molecule has 1 heterocycles. The molecule has 0 aliphatic heterocycles. The van der Waals surface area contributed by atoms with Crippen LogP contribution >= 0.6 is 27.7 Å². The fourth-order valence-corrected chi connectivity index (χ4v) is 3.25. The Bertz CT molecular complexity index is 754. The summed E-state index contributed by atoms with van der Waals surface area (Å²) in [6, 6.07) is 14.5. The second-order valence-electron chi connectivity index (χ2n) is 4.85. The van der Waals surface area contributed by atoms with Crippen molar-refractivity contribution in [1.82, 2.24) is 9.97 Å². The molecule has 0 unspecified atom stereocenters. The summed E-state index contributed by atoms with van der Waals surface area (Å²) in [5.41, 5.74) is 4.52. The molecule has 0 aliphatic rings. The Hall–Kier alpha value is -1.46. The van der Waals surface area contributed by atoms with Gasteiger partial charge in [-0.25, -0.2) is 4.98 Å². The quantitative estimate of drug-likeness (QED) is 0.504. The smallest absolute Gasteiger partial charge is 0.166 e. The maximum absolute atomic E-state index is 4.58. The fraction of sp³-hybridized carbons (Fsp3) is 0.188. The number of fused-ring (bicyclic) bond motifs is 1. The number of aryl methyl sites for hydroxylation is 1. The van der Waals surface area contributed by atoms with Crippen molar-refractivity contribution >= 4 is 44.4 Å². The number of thioether (sulfide) groups is 1. The van der Waals surface area contributed by atoms with E-state index in [1.54, 1.807) is 11.8 Å². The lowest BCUT2D eigenvalue weighted by Gasteiger charge is -2.05. The lowest BCUT2D eigenvalue weighted by molar-refractivity contribution is 1.07. The van der Waals surface area contributed by atoms with Crippen molar-refractivity contribution in [1.29, 1.82) is 0 Å². The third-order valence-corrected chi connectivity index (χ3v) is 4.48. The van der Waals surface area contributed by atoms with E-state index >= 15 is 0 Å². The van der Waals surface area contributed by atoms with E-state index in [1.807, 2.05) is 12.1 Å². The Labute approximate surface area is 136 Å². The molecule has 5 heteroatoms. The van der Waals surface area contributed by atoms with Crippen molar-refractivity contribution in [3.63, 3.8) is 0 Å². The number of aromatic nitrogens is 2. The van der Waals surface area contributed by atoms with Crippen molar-refractivity contribution in [2.45, 2.75) is 12.1 Å². The van der Waals surface area contributed by atoms with Crippen molar-refractivity contribution in [2.24, 2.45) is 0 Å². The van der Waals surface area contributed by atoms with Gasteiger partial charge in [0.05, 0.1) is 11.0 Å². The number of aromatic amines is 1. The average molecular weight is 362 g/mol. The molecule has 0 saturated heterocycles. The highest BCUT2D eigenvalue weighted by molar-refractivity contribution is 9.10. The molecule has 108 valence electrons. The summed E-state index contributed by atoms with van der Waals surface area (Å²) in [7, 11) is 0. The summed E-state index contributed by atoms with van der Waals surface area (Å²) >= 11 is 5.21. The second-order valence-corrected chi connectivity index (χ2v) is 6.85. The van der Waals surface area contributed by atoms with E-state index in [-0.39, 0.29) is 0 Å². The lowest BCUT2D eigenvalue weighted by Crippen LogP contribution is -2.03. The van der Waals surface area contributed by atoms with E-state index < -0.39 is 0 Å². The Kier molecular flexibility index (Phi) is 4.51. The van der Waals surface area contributed by atoms with E-state index in [1.165, 1.54) is 5.56 Å². The molecule has 0 atom stereocenters. The minimum absolute atomic E-state index is 0.900. The third kappa shape index (κ3) is 3.80. The second kappa shape index (κ2) is 6.54. The van der Waals surface area contributed by atoms with Gasteiger partial charge in [0.2, 0.25) is 0 Å². The van der Waals surface area contributed by atoms with E-state index in [2.05, 4.69) is 68.5 Å². The summed E-state index contributed by atoms with van der Waals surface area (Å²) in [4.78, 5) is 7.95. The van der Waals surface area contributed by atoms with Crippen molar-refractivity contribution in [2.75, 3.05) is 17.6 Å². The molecule has 0 radical (unpaired) electrons. The van der Waals surface area contributed by atoms with Crippen LogP contribution in [0.3, 0.4) is 0 Å². The predicted octanol–water partition coefficient (Wildman–Crippen LogP) is 4.84. The third-order valence-electron chi connectivity index (χ3n) is 3.11. The monoisotopic (exact) mass is 361 g/mol. The zero-order chi connectivity index (χ0) is 14.7. The zero-order valence-electron chi connectivity index (χ0n) is 11.7. The van der Waals surface area contributed by atoms with Crippen molar-refractivity contribution < 1.29 is 0 Å². The molecule has 0 amide bonds. The molecule has 1 aromatic heterocycles. The number of benzene rings is 2. The van der Waals surface area contributed by atoms with Crippen LogP contribution in [0.2, 0.25) is 0 Å². The minimum Gasteiger partial charge on any atom is -0.384 e. The van der Waals surface area contributed by atoms with E-state index in [0.29, 0.717) is 0 Å². The van der Waals surface area contributed by atoms with Crippen molar-refractivity contribution in [3.8, 4) is 0 Å². The standard InChI is InChI=1S/C16H16BrN3S/c1-11-5-6-14-15(9-11)20-16(19-14)21-8-7-18-13-4-2-3-12(17)10-13/h2-6,9-10,18H,7-8H2,1H3,(H,19,20). The van der Waals surface area contributed by atoms with Crippen LogP contribution in [-0.4, -0.2) is 22.3 Å². The maximum atomic E-state index is 4.58. The van der Waals surface area contributed by atoms with Gasteiger partial charge in [0.25, 0.3) is 0 Å². The van der Waals surface area contributed by atoms with Crippen LogP contribution in [0, 0.1) is 6.92 Å². The van der Waals surface area contributed by atoms with Crippen LogP contribution in [-0.2, 0) is 0 Å². The topological polar surface area (TPSA) is 40.7 Å². The van der Waals surface area contributed by atoms with Gasteiger partial charge in [-0.2, -0.15) is 0 Å². The molecule has 0 saturated carbocycles. The van der Waals surface area contributed by atoms with Crippen LogP contribution in [0.15, 0.2) is 52.1 Å². The van der Waals surface area contributed by atoms with Gasteiger partial charge in [0, 0.05) is 22.5 Å². The van der Waals surface area contributed by atoms with Crippen molar-refractivity contribution in [3.05, 3.63) is 52.5 Å². The van der Waals surface area contributed by atoms with Gasteiger partial charge in [-0.3, -0.25) is 0 Å². The van der Waals surface area contributed by atoms with E-state index in [9.17, 15) is 0 Å². The minimum atomic E-state index is 0.900. The molecule has 0 bridgehead atoms. The molecule has 3 rings (SSSR count).